The van der Waals surface area contributed by atoms with Crippen molar-refractivity contribution in [1.29, 1.82) is 5.26 Å². The van der Waals surface area contributed by atoms with Crippen molar-refractivity contribution in [2.24, 2.45) is 0 Å². The van der Waals surface area contributed by atoms with E-state index in [1.165, 1.54) is 36.5 Å². The first-order chi connectivity index (χ1) is 15.4. The van der Waals surface area contributed by atoms with Crippen LogP contribution in [0.15, 0.2) is 48.7 Å². The number of pyridine rings is 1. The summed E-state index contributed by atoms with van der Waals surface area (Å²) >= 11 is 0. The molecule has 0 aliphatic heterocycles. The number of aromatic nitrogens is 1. The van der Waals surface area contributed by atoms with E-state index in [1.807, 2.05) is 11.4 Å². The number of halogens is 4. The van der Waals surface area contributed by atoms with Crippen molar-refractivity contribution in [2.75, 3.05) is 6.26 Å². The average molecular weight is 484 g/mol. The summed E-state index contributed by atoms with van der Waals surface area (Å²) in [4.78, 5) is 17.0. The summed E-state index contributed by atoms with van der Waals surface area (Å²) in [5.74, 6) is -2.32. The molecule has 3 rings (SSSR count). The van der Waals surface area contributed by atoms with E-state index >= 15 is 0 Å². The number of alkyl halides is 3. The van der Waals surface area contributed by atoms with Crippen LogP contribution in [0.3, 0.4) is 0 Å². The normalized spacial score (nSPS) is 17.9. The van der Waals surface area contributed by atoms with Gasteiger partial charge in [0.05, 0.1) is 11.8 Å². The fourth-order valence-corrected chi connectivity index (χ4v) is 4.71. The molecule has 0 bridgehead atoms. The number of hydrogen-bond acceptors (Lipinski definition) is 6. The van der Waals surface area contributed by atoms with Crippen LogP contribution in [-0.2, 0) is 14.6 Å². The number of nitriles is 1. The maximum absolute atomic E-state index is 14.3. The Balaban J connectivity index is 2.12. The lowest BCUT2D eigenvalue weighted by atomic mass is 10.0. The SMILES string of the molecule is CS(=O)(=O)C(c1ccccn1)C(N[C@H](c1ccccc1F)C(F)(F)F)C(=O)NC1(C#N)CC1. The average Bonchev–Trinajstić information content (AvgIpc) is 3.50. The Morgan fingerprint density at radius 1 is 1.18 bits per heavy atom. The molecule has 2 unspecified atom stereocenters. The van der Waals surface area contributed by atoms with Gasteiger partial charge < -0.3 is 5.32 Å². The van der Waals surface area contributed by atoms with E-state index in [4.69, 9.17) is 0 Å². The molecule has 1 heterocycles. The molecule has 12 heteroatoms. The van der Waals surface area contributed by atoms with Crippen LogP contribution in [0.5, 0.6) is 0 Å². The van der Waals surface area contributed by atoms with E-state index < -0.39 is 56.2 Å². The molecular weight excluding hydrogens is 464 g/mol. The van der Waals surface area contributed by atoms with E-state index in [9.17, 15) is 36.0 Å². The number of sulfone groups is 1. The van der Waals surface area contributed by atoms with E-state index in [2.05, 4.69) is 10.3 Å². The summed E-state index contributed by atoms with van der Waals surface area (Å²) in [5, 5.41) is 11.8. The molecule has 176 valence electrons. The van der Waals surface area contributed by atoms with Crippen LogP contribution in [0.1, 0.15) is 35.4 Å². The van der Waals surface area contributed by atoms with Gasteiger partial charge in [0.15, 0.2) is 9.84 Å². The highest BCUT2D eigenvalue weighted by atomic mass is 32.2. The lowest BCUT2D eigenvalue weighted by Gasteiger charge is -2.32. The molecule has 0 saturated heterocycles. The molecule has 1 fully saturated rings. The molecule has 0 spiro atoms. The van der Waals surface area contributed by atoms with Gasteiger partial charge in [-0.1, -0.05) is 24.3 Å². The molecular formula is C21H20F4N4O3S. The van der Waals surface area contributed by atoms with Gasteiger partial charge >= 0.3 is 6.18 Å². The number of nitrogens with one attached hydrogen (secondary N) is 2. The van der Waals surface area contributed by atoms with Crippen molar-refractivity contribution in [3.05, 3.63) is 65.7 Å². The second-order valence-electron chi connectivity index (χ2n) is 7.83. The third-order valence-electron chi connectivity index (χ3n) is 5.24. The van der Waals surface area contributed by atoms with Gasteiger partial charge in [0.25, 0.3) is 0 Å². The van der Waals surface area contributed by atoms with Gasteiger partial charge in [-0.3, -0.25) is 15.1 Å². The molecule has 1 amide bonds. The van der Waals surface area contributed by atoms with Crippen molar-refractivity contribution in [2.45, 2.75) is 41.9 Å². The van der Waals surface area contributed by atoms with Gasteiger partial charge in [0, 0.05) is 18.0 Å². The van der Waals surface area contributed by atoms with Gasteiger partial charge in [-0.25, -0.2) is 12.8 Å². The minimum absolute atomic E-state index is 0.177. The second kappa shape index (κ2) is 9.07. The number of amides is 1. The van der Waals surface area contributed by atoms with Crippen LogP contribution in [0.25, 0.3) is 0 Å². The minimum Gasteiger partial charge on any atom is -0.336 e. The molecule has 7 nitrogen and oxygen atoms in total. The fourth-order valence-electron chi connectivity index (χ4n) is 3.43. The summed E-state index contributed by atoms with van der Waals surface area (Å²) in [6, 6.07) is 5.39. The van der Waals surface area contributed by atoms with Crippen LogP contribution in [0.2, 0.25) is 0 Å². The second-order valence-corrected chi connectivity index (χ2v) is 10.00. The minimum atomic E-state index is -5.08. The number of carbonyl (C=O) groups is 1. The molecule has 1 aromatic heterocycles. The number of carbonyl (C=O) groups excluding carboxylic acids is 1. The van der Waals surface area contributed by atoms with Gasteiger partial charge in [-0.15, -0.1) is 0 Å². The molecule has 1 aromatic carbocycles. The van der Waals surface area contributed by atoms with E-state index in [-0.39, 0.29) is 18.5 Å². The Morgan fingerprint density at radius 2 is 1.82 bits per heavy atom. The first-order valence-electron chi connectivity index (χ1n) is 9.78. The highest BCUT2D eigenvalue weighted by Crippen LogP contribution is 2.38. The lowest BCUT2D eigenvalue weighted by molar-refractivity contribution is -0.161. The molecule has 1 aliphatic carbocycles. The molecule has 2 N–H and O–H groups in total. The van der Waals surface area contributed by atoms with Gasteiger partial charge in [0.2, 0.25) is 5.91 Å². The van der Waals surface area contributed by atoms with Crippen LogP contribution in [-0.4, -0.2) is 43.3 Å². The van der Waals surface area contributed by atoms with Crippen LogP contribution < -0.4 is 10.6 Å². The topological polar surface area (TPSA) is 112 Å². The summed E-state index contributed by atoms with van der Waals surface area (Å²) in [5.41, 5.74) is -2.27. The zero-order valence-corrected chi connectivity index (χ0v) is 18.1. The Morgan fingerprint density at radius 3 is 2.30 bits per heavy atom. The van der Waals surface area contributed by atoms with Crippen LogP contribution in [0.4, 0.5) is 17.6 Å². The summed E-state index contributed by atoms with van der Waals surface area (Å²) in [7, 11) is -4.22. The summed E-state index contributed by atoms with van der Waals surface area (Å²) < 4.78 is 81.7. The molecule has 0 radical (unpaired) electrons. The number of hydrogen-bond donors (Lipinski definition) is 2. The number of rotatable bonds is 8. The largest absolute Gasteiger partial charge is 0.408 e. The number of nitrogens with zero attached hydrogens (tertiary/aromatic N) is 2. The van der Waals surface area contributed by atoms with Gasteiger partial charge in [-0.05, 0) is 31.0 Å². The summed E-state index contributed by atoms with van der Waals surface area (Å²) in [6.07, 6.45) is -2.55. The third kappa shape index (κ3) is 5.66. The Labute approximate surface area is 187 Å². The predicted octanol–water partition coefficient (Wildman–Crippen LogP) is 2.74. The van der Waals surface area contributed by atoms with Crippen molar-refractivity contribution in [3.63, 3.8) is 0 Å². The van der Waals surface area contributed by atoms with E-state index in [0.717, 1.165) is 18.4 Å². The highest BCUT2D eigenvalue weighted by Gasteiger charge is 2.51. The quantitative estimate of drug-likeness (QED) is 0.558. The van der Waals surface area contributed by atoms with Crippen LogP contribution >= 0.6 is 0 Å². The van der Waals surface area contributed by atoms with Gasteiger partial charge in [-0.2, -0.15) is 18.4 Å². The predicted molar refractivity (Wildman–Crippen MR) is 110 cm³/mol. The van der Waals surface area contributed by atoms with E-state index in [1.54, 1.807) is 0 Å². The van der Waals surface area contributed by atoms with Crippen LogP contribution in [0, 0.1) is 17.1 Å². The van der Waals surface area contributed by atoms with Gasteiger partial charge in [0.1, 0.15) is 28.7 Å². The zero-order valence-electron chi connectivity index (χ0n) is 17.3. The zero-order chi connectivity index (χ0) is 24.4. The molecule has 3 atom stereocenters. The van der Waals surface area contributed by atoms with Crippen molar-refractivity contribution < 1.29 is 30.8 Å². The molecule has 2 aromatic rings. The Bertz CT molecular complexity index is 1160. The van der Waals surface area contributed by atoms with Crippen molar-refractivity contribution in [1.82, 2.24) is 15.6 Å². The van der Waals surface area contributed by atoms with Crippen molar-refractivity contribution in [3.8, 4) is 6.07 Å². The highest BCUT2D eigenvalue weighted by molar-refractivity contribution is 7.91. The van der Waals surface area contributed by atoms with Crippen molar-refractivity contribution >= 4 is 15.7 Å². The monoisotopic (exact) mass is 484 g/mol. The smallest absolute Gasteiger partial charge is 0.336 e. The molecule has 1 saturated carbocycles. The first kappa shape index (κ1) is 24.6. The maximum atomic E-state index is 14.3. The standard InChI is InChI=1S/C21H20F4N4O3S/c1-33(31,32)17(15-8-4-5-11-27-15)16(19(30)29-20(12-26)9-10-20)28-18(21(23,24)25)13-6-2-3-7-14(13)22/h2-8,11,16-18,28H,9-10H2,1H3,(H,29,30)/t16?,17?,18-/m1/s1. The summed E-state index contributed by atoms with van der Waals surface area (Å²) in [6.45, 7) is 0. The fraction of sp³-hybridized carbons (Fsp3) is 0.381. The number of benzene rings is 1. The Kier molecular flexibility index (Phi) is 6.76. The maximum Gasteiger partial charge on any atom is 0.408 e. The Hall–Kier alpha value is -3.04. The molecule has 33 heavy (non-hydrogen) atoms. The molecule has 1 aliphatic rings. The van der Waals surface area contributed by atoms with E-state index in [0.29, 0.717) is 0 Å². The third-order valence-corrected chi connectivity index (χ3v) is 6.68. The lowest BCUT2D eigenvalue weighted by Crippen LogP contribution is -2.55. The first-order valence-corrected chi connectivity index (χ1v) is 11.7.